The van der Waals surface area contributed by atoms with Crippen LogP contribution >= 0.6 is 0 Å². The molecule has 0 saturated heterocycles. The summed E-state index contributed by atoms with van der Waals surface area (Å²) in [5, 5.41) is 12.0. The summed E-state index contributed by atoms with van der Waals surface area (Å²) in [4.78, 5) is 4.45. The lowest BCUT2D eigenvalue weighted by Crippen LogP contribution is -2.30. The van der Waals surface area contributed by atoms with Crippen LogP contribution in [0, 0.1) is 45.9 Å². The molecule has 138 valence electrons. The van der Waals surface area contributed by atoms with Crippen LogP contribution in [-0.4, -0.2) is 26.5 Å². The van der Waals surface area contributed by atoms with E-state index in [0.29, 0.717) is 22.8 Å². The summed E-state index contributed by atoms with van der Waals surface area (Å²) in [6.45, 7) is 10.1. The van der Waals surface area contributed by atoms with Crippen molar-refractivity contribution in [3.8, 4) is 6.07 Å². The third-order valence-electron chi connectivity index (χ3n) is 4.84. The Labute approximate surface area is 155 Å². The van der Waals surface area contributed by atoms with Crippen LogP contribution in [0.3, 0.4) is 0 Å². The molecule has 0 bridgehead atoms. The fraction of sp³-hybridized carbons (Fsp3) is 0.368. The highest BCUT2D eigenvalue weighted by Gasteiger charge is 2.23. The largest absolute Gasteiger partial charge is 0.368 e. The maximum Gasteiger partial charge on any atom is 0.241 e. The minimum atomic E-state index is -3.63. The predicted octanol–water partition coefficient (Wildman–Crippen LogP) is 2.89. The van der Waals surface area contributed by atoms with E-state index in [1.54, 1.807) is 18.3 Å². The molecule has 0 radical (unpaired) electrons. The number of pyridine rings is 1. The average molecular weight is 372 g/mol. The van der Waals surface area contributed by atoms with Crippen molar-refractivity contribution in [3.63, 3.8) is 0 Å². The van der Waals surface area contributed by atoms with Crippen molar-refractivity contribution in [3.05, 3.63) is 51.7 Å². The van der Waals surface area contributed by atoms with Gasteiger partial charge in [0.05, 0.1) is 10.5 Å². The fourth-order valence-corrected chi connectivity index (χ4v) is 4.57. The highest BCUT2D eigenvalue weighted by atomic mass is 32.2. The summed E-state index contributed by atoms with van der Waals surface area (Å²) in [6.07, 6.45) is 1.58. The zero-order valence-corrected chi connectivity index (χ0v) is 16.6. The lowest BCUT2D eigenvalue weighted by molar-refractivity contribution is 0.581. The number of anilines is 1. The Kier molecular flexibility index (Phi) is 6.01. The third-order valence-corrected chi connectivity index (χ3v) is 6.57. The molecule has 1 heterocycles. The molecule has 0 atom stereocenters. The fourth-order valence-electron chi connectivity index (χ4n) is 2.94. The number of hydrogen-bond donors (Lipinski definition) is 2. The zero-order valence-electron chi connectivity index (χ0n) is 15.8. The number of nitrogens with zero attached hydrogens (tertiary/aromatic N) is 2. The van der Waals surface area contributed by atoms with Crippen molar-refractivity contribution in [2.45, 2.75) is 39.5 Å². The second-order valence-corrected chi connectivity index (χ2v) is 7.99. The molecule has 0 fully saturated rings. The van der Waals surface area contributed by atoms with Gasteiger partial charge in [0, 0.05) is 19.3 Å². The highest BCUT2D eigenvalue weighted by Crippen LogP contribution is 2.29. The Morgan fingerprint density at radius 2 is 1.58 bits per heavy atom. The van der Waals surface area contributed by atoms with Gasteiger partial charge in [-0.3, -0.25) is 0 Å². The van der Waals surface area contributed by atoms with Crippen LogP contribution in [0.5, 0.6) is 0 Å². The Bertz CT molecular complexity index is 947. The van der Waals surface area contributed by atoms with Gasteiger partial charge in [0.2, 0.25) is 10.0 Å². The molecule has 0 unspecified atom stereocenters. The molecule has 0 saturated carbocycles. The Morgan fingerprint density at radius 1 is 1.00 bits per heavy atom. The number of sulfonamides is 1. The number of benzene rings is 1. The maximum atomic E-state index is 12.8. The second kappa shape index (κ2) is 7.85. The number of rotatable bonds is 6. The summed E-state index contributed by atoms with van der Waals surface area (Å²) in [5.74, 6) is 0.448. The molecule has 6 nitrogen and oxygen atoms in total. The number of hydrogen-bond acceptors (Lipinski definition) is 5. The van der Waals surface area contributed by atoms with Crippen LogP contribution < -0.4 is 10.0 Å². The van der Waals surface area contributed by atoms with E-state index in [9.17, 15) is 8.42 Å². The molecule has 0 aliphatic heterocycles. The van der Waals surface area contributed by atoms with Crippen LogP contribution in [0.25, 0.3) is 0 Å². The standard InChI is InChI=1S/C19H24N4O2S/c1-12-13(2)15(4)18(16(5)14(12)3)26(24,25)23-10-9-22-19-17(11-20)7-6-8-21-19/h6-8,23H,9-10H2,1-5H3,(H,21,22). The maximum absolute atomic E-state index is 12.8. The van der Waals surface area contributed by atoms with Gasteiger partial charge in [-0.1, -0.05) is 0 Å². The SMILES string of the molecule is Cc1c(C)c(C)c(S(=O)(=O)NCCNc2ncccc2C#N)c(C)c1C. The quantitative estimate of drug-likeness (QED) is 0.760. The lowest BCUT2D eigenvalue weighted by Gasteiger charge is -2.19. The van der Waals surface area contributed by atoms with Gasteiger partial charge < -0.3 is 5.32 Å². The Balaban J connectivity index is 2.15. The first kappa shape index (κ1) is 19.9. The second-order valence-electron chi connectivity index (χ2n) is 6.29. The average Bonchev–Trinajstić information content (AvgIpc) is 2.62. The van der Waals surface area contributed by atoms with Gasteiger partial charge in [-0.25, -0.2) is 18.1 Å². The summed E-state index contributed by atoms with van der Waals surface area (Å²) in [5.41, 5.74) is 5.11. The van der Waals surface area contributed by atoms with E-state index in [0.717, 1.165) is 27.8 Å². The first-order valence-electron chi connectivity index (χ1n) is 8.36. The van der Waals surface area contributed by atoms with Crippen LogP contribution in [0.4, 0.5) is 5.82 Å². The molecule has 0 aliphatic rings. The van der Waals surface area contributed by atoms with Crippen molar-refractivity contribution in [2.24, 2.45) is 0 Å². The van der Waals surface area contributed by atoms with Crippen LogP contribution in [0.1, 0.15) is 33.4 Å². The third kappa shape index (κ3) is 3.87. The first-order valence-corrected chi connectivity index (χ1v) is 9.84. The predicted molar refractivity (Wildman–Crippen MR) is 103 cm³/mol. The molecular formula is C19H24N4O2S. The molecule has 2 N–H and O–H groups in total. The van der Waals surface area contributed by atoms with Gasteiger partial charge in [-0.15, -0.1) is 0 Å². The van der Waals surface area contributed by atoms with Gasteiger partial charge in [0.25, 0.3) is 0 Å². The smallest absolute Gasteiger partial charge is 0.241 e. The molecule has 1 aromatic heterocycles. The normalized spacial score (nSPS) is 11.2. The van der Waals surface area contributed by atoms with Crippen molar-refractivity contribution in [1.29, 1.82) is 5.26 Å². The van der Waals surface area contributed by atoms with E-state index in [4.69, 9.17) is 5.26 Å². The number of nitrogens with one attached hydrogen (secondary N) is 2. The minimum absolute atomic E-state index is 0.189. The van der Waals surface area contributed by atoms with Crippen molar-refractivity contribution >= 4 is 15.8 Å². The van der Waals surface area contributed by atoms with Crippen LogP contribution in [0.2, 0.25) is 0 Å². The van der Waals surface area contributed by atoms with E-state index >= 15 is 0 Å². The van der Waals surface area contributed by atoms with E-state index in [2.05, 4.69) is 15.0 Å². The van der Waals surface area contributed by atoms with E-state index < -0.39 is 10.0 Å². The summed E-state index contributed by atoms with van der Waals surface area (Å²) in [6, 6.07) is 5.39. The van der Waals surface area contributed by atoms with Crippen molar-refractivity contribution in [2.75, 3.05) is 18.4 Å². The van der Waals surface area contributed by atoms with Gasteiger partial charge in [-0.05, 0) is 74.6 Å². The topological polar surface area (TPSA) is 94.9 Å². The van der Waals surface area contributed by atoms with Crippen molar-refractivity contribution in [1.82, 2.24) is 9.71 Å². The van der Waals surface area contributed by atoms with Gasteiger partial charge in [0.1, 0.15) is 11.9 Å². The molecule has 7 heteroatoms. The molecule has 0 amide bonds. The first-order chi connectivity index (χ1) is 12.2. The van der Waals surface area contributed by atoms with Crippen molar-refractivity contribution < 1.29 is 8.42 Å². The van der Waals surface area contributed by atoms with Gasteiger partial charge >= 0.3 is 0 Å². The Morgan fingerprint density at radius 3 is 2.15 bits per heavy atom. The molecule has 2 rings (SSSR count). The summed E-state index contributed by atoms with van der Waals surface area (Å²) >= 11 is 0. The highest BCUT2D eigenvalue weighted by molar-refractivity contribution is 7.89. The molecule has 26 heavy (non-hydrogen) atoms. The molecular weight excluding hydrogens is 348 g/mol. The van der Waals surface area contributed by atoms with E-state index in [-0.39, 0.29) is 6.54 Å². The van der Waals surface area contributed by atoms with Gasteiger partial charge in [-0.2, -0.15) is 5.26 Å². The van der Waals surface area contributed by atoms with Gasteiger partial charge in [0.15, 0.2) is 0 Å². The van der Waals surface area contributed by atoms with E-state index in [1.807, 2.05) is 40.7 Å². The zero-order chi connectivity index (χ0) is 19.5. The van der Waals surface area contributed by atoms with Crippen LogP contribution in [0.15, 0.2) is 23.2 Å². The van der Waals surface area contributed by atoms with Crippen LogP contribution in [-0.2, 0) is 10.0 Å². The summed E-state index contributed by atoms with van der Waals surface area (Å²) < 4.78 is 28.3. The summed E-state index contributed by atoms with van der Waals surface area (Å²) in [7, 11) is -3.63. The molecule has 2 aromatic rings. The molecule has 0 aliphatic carbocycles. The number of nitriles is 1. The van der Waals surface area contributed by atoms with E-state index in [1.165, 1.54) is 0 Å². The Hall–Kier alpha value is -2.43. The monoisotopic (exact) mass is 372 g/mol. The number of aromatic nitrogens is 1. The minimum Gasteiger partial charge on any atom is -0.368 e. The molecule has 1 aromatic carbocycles. The molecule has 0 spiro atoms. The lowest BCUT2D eigenvalue weighted by atomic mass is 9.95.